The van der Waals surface area contributed by atoms with Gasteiger partial charge in [0.1, 0.15) is 5.82 Å². The van der Waals surface area contributed by atoms with E-state index in [0.29, 0.717) is 18.5 Å². The van der Waals surface area contributed by atoms with Crippen molar-refractivity contribution in [3.63, 3.8) is 0 Å². The van der Waals surface area contributed by atoms with Crippen molar-refractivity contribution in [3.05, 3.63) is 29.6 Å². The number of sulfonamides is 1. The summed E-state index contributed by atoms with van der Waals surface area (Å²) in [5, 5.41) is 0. The molecule has 17 heavy (non-hydrogen) atoms. The number of hydrogen-bond donors (Lipinski definition) is 1. The van der Waals surface area contributed by atoms with E-state index in [1.807, 2.05) is 0 Å². The van der Waals surface area contributed by atoms with Gasteiger partial charge in [-0.2, -0.15) is 0 Å². The van der Waals surface area contributed by atoms with Crippen LogP contribution >= 0.6 is 0 Å². The second-order valence-electron chi connectivity index (χ2n) is 4.05. The largest absolute Gasteiger partial charge is 0.326 e. The summed E-state index contributed by atoms with van der Waals surface area (Å²) in [7, 11) is -3.39. The van der Waals surface area contributed by atoms with E-state index in [1.165, 1.54) is 12.1 Å². The van der Waals surface area contributed by atoms with Crippen LogP contribution in [-0.2, 0) is 16.6 Å². The molecule has 0 atom stereocenters. The molecule has 1 aliphatic rings. The van der Waals surface area contributed by atoms with Crippen LogP contribution < -0.4 is 10.0 Å². The van der Waals surface area contributed by atoms with Crippen LogP contribution in [0.2, 0.25) is 0 Å². The first-order chi connectivity index (χ1) is 8.06. The van der Waals surface area contributed by atoms with Crippen molar-refractivity contribution in [1.29, 1.82) is 0 Å². The van der Waals surface area contributed by atoms with Gasteiger partial charge in [-0.3, -0.25) is 4.31 Å². The normalized spacial score (nSPS) is 19.3. The van der Waals surface area contributed by atoms with Gasteiger partial charge in [0.25, 0.3) is 0 Å². The Labute approximate surface area is 100 Å². The van der Waals surface area contributed by atoms with Gasteiger partial charge >= 0.3 is 0 Å². The molecule has 2 rings (SSSR count). The van der Waals surface area contributed by atoms with Crippen molar-refractivity contribution in [2.75, 3.05) is 16.6 Å². The van der Waals surface area contributed by atoms with E-state index < -0.39 is 15.8 Å². The number of anilines is 1. The minimum Gasteiger partial charge on any atom is -0.326 e. The van der Waals surface area contributed by atoms with Crippen molar-refractivity contribution in [2.24, 2.45) is 5.73 Å². The monoisotopic (exact) mass is 258 g/mol. The maximum Gasteiger partial charge on any atom is 0.235 e. The van der Waals surface area contributed by atoms with E-state index >= 15 is 0 Å². The van der Waals surface area contributed by atoms with Gasteiger partial charge in [-0.1, -0.05) is 12.1 Å². The van der Waals surface area contributed by atoms with Gasteiger partial charge in [0.05, 0.1) is 11.4 Å². The zero-order chi connectivity index (χ0) is 12.5. The summed E-state index contributed by atoms with van der Waals surface area (Å²) < 4.78 is 38.8. The van der Waals surface area contributed by atoms with Crippen molar-refractivity contribution in [3.8, 4) is 0 Å². The molecular weight excluding hydrogens is 243 g/mol. The van der Waals surface area contributed by atoms with Crippen molar-refractivity contribution in [2.45, 2.75) is 19.4 Å². The number of benzene rings is 1. The van der Waals surface area contributed by atoms with Crippen LogP contribution in [0.25, 0.3) is 0 Å². The second kappa shape index (κ2) is 4.62. The van der Waals surface area contributed by atoms with Crippen LogP contribution in [0.4, 0.5) is 10.1 Å². The second-order valence-corrected chi connectivity index (χ2v) is 6.06. The fraction of sp³-hybridized carbons (Fsp3) is 0.455. The molecular formula is C11H15FN2O2S. The molecule has 1 saturated heterocycles. The summed E-state index contributed by atoms with van der Waals surface area (Å²) in [6.07, 6.45) is 1.38. The van der Waals surface area contributed by atoms with Crippen LogP contribution in [0.3, 0.4) is 0 Å². The molecule has 0 amide bonds. The number of hydrogen-bond acceptors (Lipinski definition) is 3. The highest BCUT2D eigenvalue weighted by Crippen LogP contribution is 2.29. The molecule has 2 N–H and O–H groups in total. The van der Waals surface area contributed by atoms with Gasteiger partial charge in [0, 0.05) is 13.1 Å². The predicted octanol–water partition coefficient (Wildman–Crippen LogP) is 1.21. The molecule has 1 aromatic rings. The first-order valence-corrected chi connectivity index (χ1v) is 7.15. The SMILES string of the molecule is NCc1cccc(F)c1N1CCCCS1(=O)=O. The Morgan fingerprint density at radius 1 is 1.35 bits per heavy atom. The third kappa shape index (κ3) is 2.28. The summed E-state index contributed by atoms with van der Waals surface area (Å²) >= 11 is 0. The summed E-state index contributed by atoms with van der Waals surface area (Å²) in [5.74, 6) is -0.454. The summed E-state index contributed by atoms with van der Waals surface area (Å²) in [6, 6.07) is 4.46. The molecule has 0 bridgehead atoms. The van der Waals surface area contributed by atoms with Gasteiger partial charge in [-0.15, -0.1) is 0 Å². The topological polar surface area (TPSA) is 63.4 Å². The maximum atomic E-state index is 13.8. The smallest absolute Gasteiger partial charge is 0.235 e. The molecule has 4 nitrogen and oxygen atoms in total. The molecule has 1 heterocycles. The highest BCUT2D eigenvalue weighted by Gasteiger charge is 2.29. The summed E-state index contributed by atoms with van der Waals surface area (Å²) in [5.41, 5.74) is 6.17. The molecule has 6 heteroatoms. The molecule has 0 spiro atoms. The average Bonchev–Trinajstić information content (AvgIpc) is 2.29. The van der Waals surface area contributed by atoms with Crippen LogP contribution in [0, 0.1) is 5.82 Å². The van der Waals surface area contributed by atoms with Gasteiger partial charge in [0.15, 0.2) is 0 Å². The molecule has 0 aliphatic carbocycles. The number of nitrogens with zero attached hydrogens (tertiary/aromatic N) is 1. The Bertz CT molecular complexity index is 516. The first-order valence-electron chi connectivity index (χ1n) is 5.54. The van der Waals surface area contributed by atoms with Crippen LogP contribution in [0.5, 0.6) is 0 Å². The van der Waals surface area contributed by atoms with E-state index in [9.17, 15) is 12.8 Å². The highest BCUT2D eigenvalue weighted by molar-refractivity contribution is 7.92. The fourth-order valence-electron chi connectivity index (χ4n) is 2.04. The molecule has 0 aromatic heterocycles. The van der Waals surface area contributed by atoms with E-state index in [0.717, 1.165) is 10.7 Å². The number of nitrogens with two attached hydrogens (primary N) is 1. The van der Waals surface area contributed by atoms with Gasteiger partial charge in [-0.25, -0.2) is 12.8 Å². The lowest BCUT2D eigenvalue weighted by molar-refractivity contribution is 0.567. The number of rotatable bonds is 2. The Morgan fingerprint density at radius 3 is 2.76 bits per heavy atom. The standard InChI is InChI=1S/C11H15FN2O2S/c12-10-5-3-4-9(8-13)11(10)14-6-1-2-7-17(14,15)16/h3-5H,1-2,6-8,13H2. The van der Waals surface area contributed by atoms with E-state index in [-0.39, 0.29) is 18.0 Å². The van der Waals surface area contributed by atoms with Crippen LogP contribution in [0.1, 0.15) is 18.4 Å². The van der Waals surface area contributed by atoms with Gasteiger partial charge < -0.3 is 5.73 Å². The van der Waals surface area contributed by atoms with Crippen molar-refractivity contribution in [1.82, 2.24) is 0 Å². The number of para-hydroxylation sites is 1. The van der Waals surface area contributed by atoms with Crippen molar-refractivity contribution < 1.29 is 12.8 Å². The lowest BCUT2D eigenvalue weighted by Gasteiger charge is -2.30. The van der Waals surface area contributed by atoms with Crippen LogP contribution in [0.15, 0.2) is 18.2 Å². The van der Waals surface area contributed by atoms with Gasteiger partial charge in [-0.05, 0) is 24.5 Å². The minimum absolute atomic E-state index is 0.0747. The zero-order valence-electron chi connectivity index (χ0n) is 9.39. The molecule has 94 valence electrons. The number of halogens is 1. The van der Waals surface area contributed by atoms with Gasteiger partial charge in [0.2, 0.25) is 10.0 Å². The van der Waals surface area contributed by atoms with Crippen molar-refractivity contribution >= 4 is 15.7 Å². The lowest BCUT2D eigenvalue weighted by atomic mass is 10.1. The minimum atomic E-state index is -3.39. The molecule has 1 aromatic carbocycles. The highest BCUT2D eigenvalue weighted by atomic mass is 32.2. The third-order valence-electron chi connectivity index (χ3n) is 2.89. The molecule has 0 radical (unpaired) electrons. The summed E-state index contributed by atoms with van der Waals surface area (Å²) in [6.45, 7) is 0.454. The fourth-order valence-corrected chi connectivity index (χ4v) is 3.72. The Kier molecular flexibility index (Phi) is 3.35. The van der Waals surface area contributed by atoms with E-state index in [1.54, 1.807) is 6.07 Å². The lowest BCUT2D eigenvalue weighted by Crippen LogP contribution is -2.39. The van der Waals surface area contributed by atoms with E-state index in [4.69, 9.17) is 5.73 Å². The first kappa shape index (κ1) is 12.3. The molecule has 0 saturated carbocycles. The average molecular weight is 258 g/mol. The Morgan fingerprint density at radius 2 is 2.12 bits per heavy atom. The molecule has 0 unspecified atom stereocenters. The van der Waals surface area contributed by atoms with E-state index in [2.05, 4.69) is 0 Å². The Balaban J connectivity index is 2.52. The maximum absolute atomic E-state index is 13.8. The predicted molar refractivity (Wildman–Crippen MR) is 64.7 cm³/mol. The van der Waals surface area contributed by atoms with Crippen LogP contribution in [-0.4, -0.2) is 20.7 Å². The third-order valence-corrected chi connectivity index (χ3v) is 4.73. The molecule has 1 fully saturated rings. The zero-order valence-corrected chi connectivity index (χ0v) is 10.2. The Hall–Kier alpha value is -1.14. The summed E-state index contributed by atoms with van der Waals surface area (Å²) in [4.78, 5) is 0. The molecule has 1 aliphatic heterocycles. The quantitative estimate of drug-likeness (QED) is 0.867.